The Bertz CT molecular complexity index is 481. The predicted molar refractivity (Wildman–Crippen MR) is 79.3 cm³/mol. The first-order valence-corrected chi connectivity index (χ1v) is 7.77. The Kier molecular flexibility index (Phi) is 3.50. The Hall–Kier alpha value is -1.09. The lowest BCUT2D eigenvalue weighted by Gasteiger charge is -2.28. The molecule has 1 heterocycles. The number of fused-ring (bicyclic) bond motifs is 1. The first kappa shape index (κ1) is 12.0. The molecule has 2 nitrogen and oxygen atoms in total. The molecule has 0 radical (unpaired) electrons. The molecule has 3 heteroatoms. The van der Waals surface area contributed by atoms with E-state index in [4.69, 9.17) is 0 Å². The molecule has 18 heavy (non-hydrogen) atoms. The molecule has 1 aromatic carbocycles. The van der Waals surface area contributed by atoms with Crippen LogP contribution in [0.5, 0.6) is 0 Å². The lowest BCUT2D eigenvalue weighted by Crippen LogP contribution is -2.27. The van der Waals surface area contributed by atoms with E-state index in [-0.39, 0.29) is 0 Å². The van der Waals surface area contributed by atoms with Crippen LogP contribution in [-0.2, 0) is 0 Å². The van der Waals surface area contributed by atoms with Crippen molar-refractivity contribution < 1.29 is 0 Å². The highest BCUT2D eigenvalue weighted by Gasteiger charge is 2.20. The highest BCUT2D eigenvalue weighted by atomic mass is 32.1. The van der Waals surface area contributed by atoms with Gasteiger partial charge in [-0.3, -0.25) is 0 Å². The summed E-state index contributed by atoms with van der Waals surface area (Å²) in [6.45, 7) is 2.31. The van der Waals surface area contributed by atoms with E-state index in [0.29, 0.717) is 6.04 Å². The third-order valence-electron chi connectivity index (χ3n) is 4.00. The maximum Gasteiger partial charge on any atom is 0.184 e. The van der Waals surface area contributed by atoms with E-state index in [1.165, 1.54) is 36.8 Å². The predicted octanol–water partition coefficient (Wildman–Crippen LogP) is 4.68. The maximum atomic E-state index is 4.65. The zero-order valence-electron chi connectivity index (χ0n) is 10.9. The molecule has 1 fully saturated rings. The normalized spacial score (nSPS) is 18.9. The molecular weight excluding hydrogens is 240 g/mol. The van der Waals surface area contributed by atoms with Crippen LogP contribution < -0.4 is 5.32 Å². The number of rotatable bonds is 3. The molecule has 0 bridgehead atoms. The number of aromatic nitrogens is 1. The van der Waals surface area contributed by atoms with Crippen molar-refractivity contribution in [2.24, 2.45) is 5.92 Å². The number of hydrogen-bond acceptors (Lipinski definition) is 3. The third kappa shape index (κ3) is 2.51. The first-order valence-electron chi connectivity index (χ1n) is 6.95. The van der Waals surface area contributed by atoms with Crippen LogP contribution in [0.3, 0.4) is 0 Å². The standard InChI is InChI=1S/C15H20N2S/c1-11(12-7-3-2-4-8-12)16-15-17-13-9-5-6-10-14(13)18-15/h5-6,9-12H,2-4,7-8H2,1H3,(H,16,17)/t11-/m0/s1. The molecule has 1 aliphatic rings. The van der Waals surface area contributed by atoms with Crippen molar-refractivity contribution in [3.63, 3.8) is 0 Å². The number of nitrogens with zero attached hydrogens (tertiary/aromatic N) is 1. The van der Waals surface area contributed by atoms with Crippen LogP contribution in [0.1, 0.15) is 39.0 Å². The van der Waals surface area contributed by atoms with E-state index < -0.39 is 0 Å². The van der Waals surface area contributed by atoms with Crippen molar-refractivity contribution in [3.05, 3.63) is 24.3 Å². The summed E-state index contributed by atoms with van der Waals surface area (Å²) in [5.41, 5.74) is 1.11. The smallest absolute Gasteiger partial charge is 0.184 e. The summed E-state index contributed by atoms with van der Waals surface area (Å²) in [6, 6.07) is 8.91. The van der Waals surface area contributed by atoms with Gasteiger partial charge in [-0.1, -0.05) is 42.7 Å². The summed E-state index contributed by atoms with van der Waals surface area (Å²) in [5.74, 6) is 0.825. The molecule has 0 spiro atoms. The minimum absolute atomic E-state index is 0.547. The van der Waals surface area contributed by atoms with E-state index in [1.54, 1.807) is 11.3 Å². The summed E-state index contributed by atoms with van der Waals surface area (Å²) in [5, 5.41) is 4.69. The lowest BCUT2D eigenvalue weighted by atomic mass is 9.85. The van der Waals surface area contributed by atoms with Crippen LogP contribution in [0.2, 0.25) is 0 Å². The van der Waals surface area contributed by atoms with Gasteiger partial charge in [-0.25, -0.2) is 4.98 Å². The number of para-hydroxylation sites is 1. The number of nitrogens with one attached hydrogen (secondary N) is 1. The van der Waals surface area contributed by atoms with Gasteiger partial charge in [-0.15, -0.1) is 0 Å². The second-order valence-electron chi connectivity index (χ2n) is 5.32. The largest absolute Gasteiger partial charge is 0.359 e. The fraction of sp³-hybridized carbons (Fsp3) is 0.533. The zero-order chi connectivity index (χ0) is 12.4. The van der Waals surface area contributed by atoms with Crippen LogP contribution >= 0.6 is 11.3 Å². The molecule has 1 N–H and O–H groups in total. The average Bonchev–Trinajstić information content (AvgIpc) is 2.82. The van der Waals surface area contributed by atoms with Crippen LogP contribution in [0, 0.1) is 5.92 Å². The molecule has 0 saturated heterocycles. The topological polar surface area (TPSA) is 24.9 Å². The van der Waals surface area contributed by atoms with Crippen molar-refractivity contribution in [3.8, 4) is 0 Å². The van der Waals surface area contributed by atoms with Gasteiger partial charge in [0.05, 0.1) is 10.2 Å². The van der Waals surface area contributed by atoms with E-state index >= 15 is 0 Å². The van der Waals surface area contributed by atoms with E-state index in [9.17, 15) is 0 Å². The second-order valence-corrected chi connectivity index (χ2v) is 6.35. The number of anilines is 1. The Morgan fingerprint density at radius 1 is 1.22 bits per heavy atom. The van der Waals surface area contributed by atoms with Crippen molar-refractivity contribution in [2.75, 3.05) is 5.32 Å². The number of hydrogen-bond donors (Lipinski definition) is 1. The molecule has 3 rings (SSSR count). The summed E-state index contributed by atoms with van der Waals surface area (Å²) in [4.78, 5) is 4.65. The Morgan fingerprint density at radius 3 is 2.78 bits per heavy atom. The first-order chi connectivity index (χ1) is 8.83. The maximum absolute atomic E-state index is 4.65. The highest BCUT2D eigenvalue weighted by molar-refractivity contribution is 7.22. The van der Waals surface area contributed by atoms with Gasteiger partial charge in [0.1, 0.15) is 0 Å². The fourth-order valence-corrected chi connectivity index (χ4v) is 3.84. The van der Waals surface area contributed by atoms with Crippen molar-refractivity contribution in [1.29, 1.82) is 0 Å². The Morgan fingerprint density at radius 2 is 2.00 bits per heavy atom. The highest BCUT2D eigenvalue weighted by Crippen LogP contribution is 2.30. The second kappa shape index (κ2) is 5.27. The van der Waals surface area contributed by atoms with Crippen LogP contribution in [0.25, 0.3) is 10.2 Å². The van der Waals surface area contributed by atoms with Gasteiger partial charge < -0.3 is 5.32 Å². The molecule has 2 aromatic rings. The van der Waals surface area contributed by atoms with Gasteiger partial charge in [0.25, 0.3) is 0 Å². The summed E-state index contributed by atoms with van der Waals surface area (Å²) >= 11 is 1.77. The molecule has 0 unspecified atom stereocenters. The molecule has 1 aromatic heterocycles. The average molecular weight is 260 g/mol. The molecule has 0 amide bonds. The van der Waals surface area contributed by atoms with Crippen molar-refractivity contribution in [2.45, 2.75) is 45.1 Å². The summed E-state index contributed by atoms with van der Waals surface area (Å²) in [7, 11) is 0. The lowest BCUT2D eigenvalue weighted by molar-refractivity contribution is 0.328. The number of benzene rings is 1. The fourth-order valence-electron chi connectivity index (χ4n) is 2.88. The molecule has 1 aliphatic carbocycles. The van der Waals surface area contributed by atoms with Crippen LogP contribution in [-0.4, -0.2) is 11.0 Å². The van der Waals surface area contributed by atoms with E-state index in [1.807, 2.05) is 0 Å². The SMILES string of the molecule is C[C@H](Nc1nc2ccccc2s1)C1CCCCC1. The molecule has 1 saturated carbocycles. The minimum Gasteiger partial charge on any atom is -0.359 e. The minimum atomic E-state index is 0.547. The van der Waals surface area contributed by atoms with Crippen LogP contribution in [0.15, 0.2) is 24.3 Å². The van der Waals surface area contributed by atoms with Gasteiger partial charge in [0.2, 0.25) is 0 Å². The van der Waals surface area contributed by atoms with Gasteiger partial charge in [-0.05, 0) is 37.8 Å². The van der Waals surface area contributed by atoms with Gasteiger partial charge in [0, 0.05) is 6.04 Å². The summed E-state index contributed by atoms with van der Waals surface area (Å²) < 4.78 is 1.27. The Labute approximate surface area is 112 Å². The van der Waals surface area contributed by atoms with Crippen molar-refractivity contribution in [1.82, 2.24) is 4.98 Å². The van der Waals surface area contributed by atoms with Crippen LogP contribution in [0.4, 0.5) is 5.13 Å². The molecular formula is C15H20N2S. The third-order valence-corrected chi connectivity index (χ3v) is 4.97. The molecule has 96 valence electrons. The quantitative estimate of drug-likeness (QED) is 0.867. The van der Waals surface area contributed by atoms with Gasteiger partial charge in [0.15, 0.2) is 5.13 Å². The molecule has 1 atom stereocenters. The zero-order valence-corrected chi connectivity index (χ0v) is 11.7. The van der Waals surface area contributed by atoms with Gasteiger partial charge in [-0.2, -0.15) is 0 Å². The monoisotopic (exact) mass is 260 g/mol. The Balaban J connectivity index is 1.71. The van der Waals surface area contributed by atoms with Gasteiger partial charge >= 0.3 is 0 Å². The van der Waals surface area contributed by atoms with E-state index in [2.05, 4.69) is 41.5 Å². The van der Waals surface area contributed by atoms with E-state index in [0.717, 1.165) is 16.6 Å². The number of thiazole rings is 1. The summed E-state index contributed by atoms with van der Waals surface area (Å²) in [6.07, 6.45) is 6.97. The van der Waals surface area contributed by atoms with Crippen molar-refractivity contribution >= 4 is 26.7 Å². The molecule has 0 aliphatic heterocycles.